The number of rotatable bonds is 6. The van der Waals surface area contributed by atoms with Crippen LogP contribution in [0.15, 0.2) is 34.9 Å². The van der Waals surface area contributed by atoms with E-state index in [4.69, 9.17) is 13.9 Å². The van der Waals surface area contributed by atoms with E-state index in [1.807, 2.05) is 32.0 Å². The van der Waals surface area contributed by atoms with Gasteiger partial charge in [0.05, 0.1) is 7.11 Å². The number of carbonyl (C=O) groups excluding carboxylic acids is 1. The summed E-state index contributed by atoms with van der Waals surface area (Å²) in [4.78, 5) is 17.9. The molecular weight excluding hydrogens is 284 g/mol. The molecule has 118 valence electrons. The van der Waals surface area contributed by atoms with Crippen LogP contribution in [-0.2, 0) is 6.61 Å². The Hall–Kier alpha value is -2.50. The monoisotopic (exact) mass is 304 g/mol. The summed E-state index contributed by atoms with van der Waals surface area (Å²) < 4.78 is 16.0. The van der Waals surface area contributed by atoms with Crippen LogP contribution in [-0.4, -0.2) is 36.0 Å². The molecule has 6 nitrogen and oxygen atoms in total. The molecule has 6 heteroatoms. The van der Waals surface area contributed by atoms with Gasteiger partial charge in [-0.2, -0.15) is 0 Å². The number of ether oxygens (including phenoxy) is 2. The van der Waals surface area contributed by atoms with Gasteiger partial charge < -0.3 is 18.8 Å². The van der Waals surface area contributed by atoms with Crippen molar-refractivity contribution in [3.8, 4) is 11.5 Å². The molecule has 1 aromatic heterocycles. The lowest BCUT2D eigenvalue weighted by molar-refractivity contribution is 0.0749. The Morgan fingerprint density at radius 1 is 1.36 bits per heavy atom. The van der Waals surface area contributed by atoms with Crippen LogP contribution >= 0.6 is 0 Å². The van der Waals surface area contributed by atoms with E-state index in [9.17, 15) is 4.79 Å². The predicted molar refractivity (Wildman–Crippen MR) is 81.1 cm³/mol. The molecule has 0 bridgehead atoms. The number of hydrogen-bond donors (Lipinski definition) is 0. The number of hydrogen-bond acceptors (Lipinski definition) is 5. The summed E-state index contributed by atoms with van der Waals surface area (Å²) >= 11 is 0. The first-order valence-electron chi connectivity index (χ1n) is 6.99. The molecule has 1 aromatic carbocycles. The average Bonchev–Trinajstić information content (AvgIpc) is 3.00. The van der Waals surface area contributed by atoms with Gasteiger partial charge in [0.1, 0.15) is 17.8 Å². The van der Waals surface area contributed by atoms with Crippen molar-refractivity contribution < 1.29 is 18.7 Å². The lowest BCUT2D eigenvalue weighted by Crippen LogP contribution is -2.33. The van der Waals surface area contributed by atoms with E-state index in [2.05, 4.69) is 4.98 Å². The Kier molecular flexibility index (Phi) is 5.04. The zero-order valence-corrected chi connectivity index (χ0v) is 13.2. The topological polar surface area (TPSA) is 64.8 Å². The van der Waals surface area contributed by atoms with Crippen LogP contribution < -0.4 is 9.47 Å². The number of methoxy groups -OCH3 is 1. The third-order valence-electron chi connectivity index (χ3n) is 3.27. The van der Waals surface area contributed by atoms with Gasteiger partial charge in [0, 0.05) is 19.2 Å². The van der Waals surface area contributed by atoms with E-state index < -0.39 is 0 Å². The summed E-state index contributed by atoms with van der Waals surface area (Å²) in [6.45, 7) is 4.02. The number of amides is 1. The molecule has 1 amide bonds. The molecule has 0 unspecified atom stereocenters. The van der Waals surface area contributed by atoms with Crippen molar-refractivity contribution >= 4 is 5.91 Å². The van der Waals surface area contributed by atoms with E-state index in [0.717, 1.165) is 0 Å². The van der Waals surface area contributed by atoms with Crippen LogP contribution in [0.1, 0.15) is 30.2 Å². The molecule has 0 spiro atoms. The average molecular weight is 304 g/mol. The van der Waals surface area contributed by atoms with E-state index in [1.165, 1.54) is 6.26 Å². The first-order valence-corrected chi connectivity index (χ1v) is 6.99. The van der Waals surface area contributed by atoms with E-state index >= 15 is 0 Å². The predicted octanol–water partition coefficient (Wildman–Crippen LogP) is 2.74. The minimum atomic E-state index is -0.175. The SMILES string of the molecule is COc1cccc(OCc2nc(C(=O)N(C)C(C)C)co2)c1. The summed E-state index contributed by atoms with van der Waals surface area (Å²) in [7, 11) is 3.32. The zero-order chi connectivity index (χ0) is 16.1. The van der Waals surface area contributed by atoms with Crippen molar-refractivity contribution in [1.82, 2.24) is 9.88 Å². The van der Waals surface area contributed by atoms with E-state index in [-0.39, 0.29) is 24.2 Å². The summed E-state index contributed by atoms with van der Waals surface area (Å²) in [6.07, 6.45) is 1.35. The molecule has 0 aliphatic carbocycles. The third kappa shape index (κ3) is 3.78. The van der Waals surface area contributed by atoms with E-state index in [0.29, 0.717) is 17.4 Å². The van der Waals surface area contributed by atoms with Gasteiger partial charge in [-0.25, -0.2) is 4.98 Å². The normalized spacial score (nSPS) is 10.6. The molecule has 0 fully saturated rings. The van der Waals surface area contributed by atoms with Crippen LogP contribution in [0.5, 0.6) is 11.5 Å². The first kappa shape index (κ1) is 15.9. The smallest absolute Gasteiger partial charge is 0.275 e. The van der Waals surface area contributed by atoms with Gasteiger partial charge in [-0.05, 0) is 26.0 Å². The molecular formula is C16H20N2O4. The maximum absolute atomic E-state index is 12.1. The zero-order valence-electron chi connectivity index (χ0n) is 13.2. The Morgan fingerprint density at radius 3 is 2.77 bits per heavy atom. The Morgan fingerprint density at radius 2 is 2.09 bits per heavy atom. The number of nitrogens with zero attached hydrogens (tertiary/aromatic N) is 2. The molecule has 0 saturated carbocycles. The fourth-order valence-electron chi connectivity index (χ4n) is 1.73. The number of benzene rings is 1. The molecule has 2 rings (SSSR count). The Labute approximate surface area is 129 Å². The molecule has 1 heterocycles. The first-order chi connectivity index (χ1) is 10.5. The maximum Gasteiger partial charge on any atom is 0.275 e. The summed E-state index contributed by atoms with van der Waals surface area (Å²) in [5.74, 6) is 1.53. The quantitative estimate of drug-likeness (QED) is 0.821. The van der Waals surface area contributed by atoms with Crippen molar-refractivity contribution in [2.45, 2.75) is 26.5 Å². The summed E-state index contributed by atoms with van der Waals surface area (Å²) in [5.41, 5.74) is 0.278. The van der Waals surface area contributed by atoms with Gasteiger partial charge >= 0.3 is 0 Å². The third-order valence-corrected chi connectivity index (χ3v) is 3.27. The lowest BCUT2D eigenvalue weighted by Gasteiger charge is -2.19. The van der Waals surface area contributed by atoms with Gasteiger partial charge in [-0.1, -0.05) is 6.07 Å². The number of oxazole rings is 1. The van der Waals surface area contributed by atoms with Crippen LogP contribution in [0, 0.1) is 0 Å². The molecule has 0 N–H and O–H groups in total. The fraction of sp³-hybridized carbons (Fsp3) is 0.375. The minimum Gasteiger partial charge on any atom is -0.497 e. The highest BCUT2D eigenvalue weighted by Gasteiger charge is 2.18. The van der Waals surface area contributed by atoms with Crippen LogP contribution in [0.25, 0.3) is 0 Å². The number of carbonyl (C=O) groups is 1. The van der Waals surface area contributed by atoms with E-state index in [1.54, 1.807) is 25.1 Å². The highest BCUT2D eigenvalue weighted by atomic mass is 16.5. The molecule has 0 aliphatic rings. The van der Waals surface area contributed by atoms with Crippen LogP contribution in [0.3, 0.4) is 0 Å². The van der Waals surface area contributed by atoms with Gasteiger partial charge in [0.25, 0.3) is 5.91 Å². The Bertz CT molecular complexity index is 637. The van der Waals surface area contributed by atoms with Crippen molar-refractivity contribution in [3.05, 3.63) is 42.1 Å². The van der Waals surface area contributed by atoms with Crippen LogP contribution in [0.2, 0.25) is 0 Å². The second-order valence-electron chi connectivity index (χ2n) is 5.10. The number of aromatic nitrogens is 1. The van der Waals surface area contributed by atoms with Crippen LogP contribution in [0.4, 0.5) is 0 Å². The maximum atomic E-state index is 12.1. The molecule has 0 radical (unpaired) electrons. The van der Waals surface area contributed by atoms with Crippen molar-refractivity contribution in [3.63, 3.8) is 0 Å². The highest BCUT2D eigenvalue weighted by molar-refractivity contribution is 5.91. The van der Waals surface area contributed by atoms with Crippen molar-refractivity contribution in [1.29, 1.82) is 0 Å². The standard InChI is InChI=1S/C16H20N2O4/c1-11(2)18(3)16(19)14-9-22-15(17-14)10-21-13-7-5-6-12(8-13)20-4/h5-9,11H,10H2,1-4H3. The Balaban J connectivity index is 1.98. The largest absolute Gasteiger partial charge is 0.497 e. The molecule has 2 aromatic rings. The second kappa shape index (κ2) is 6.98. The lowest BCUT2D eigenvalue weighted by atomic mass is 10.3. The minimum absolute atomic E-state index is 0.0979. The molecule has 0 aliphatic heterocycles. The van der Waals surface area contributed by atoms with Gasteiger partial charge in [-0.3, -0.25) is 4.79 Å². The fourth-order valence-corrected chi connectivity index (χ4v) is 1.73. The highest BCUT2D eigenvalue weighted by Crippen LogP contribution is 2.20. The summed E-state index contributed by atoms with van der Waals surface area (Å²) in [6, 6.07) is 7.33. The summed E-state index contributed by atoms with van der Waals surface area (Å²) in [5, 5.41) is 0. The van der Waals surface area contributed by atoms with Crippen molar-refractivity contribution in [2.75, 3.05) is 14.2 Å². The second-order valence-corrected chi connectivity index (χ2v) is 5.10. The van der Waals surface area contributed by atoms with Gasteiger partial charge in [-0.15, -0.1) is 0 Å². The molecule has 22 heavy (non-hydrogen) atoms. The molecule has 0 saturated heterocycles. The molecule has 0 atom stereocenters. The van der Waals surface area contributed by atoms with Crippen molar-refractivity contribution in [2.24, 2.45) is 0 Å². The van der Waals surface area contributed by atoms with Gasteiger partial charge in [0.2, 0.25) is 5.89 Å². The van der Waals surface area contributed by atoms with Gasteiger partial charge in [0.15, 0.2) is 12.3 Å².